The van der Waals surface area contributed by atoms with E-state index in [2.05, 4.69) is 35.2 Å². The Morgan fingerprint density at radius 1 is 1.06 bits per heavy atom. The molecule has 7 heteroatoms. The fourth-order valence-electron chi connectivity index (χ4n) is 3.67. The largest absolute Gasteiger partial charge is 0.489 e. The summed E-state index contributed by atoms with van der Waals surface area (Å²) in [4.78, 5) is 0. The summed E-state index contributed by atoms with van der Waals surface area (Å²) < 4.78 is 12.2. The minimum Gasteiger partial charge on any atom is -0.489 e. The quantitative estimate of drug-likeness (QED) is 0.268. The summed E-state index contributed by atoms with van der Waals surface area (Å²) in [6.07, 6.45) is 2.01. The third kappa shape index (κ3) is 5.82. The van der Waals surface area contributed by atoms with Gasteiger partial charge in [0.25, 0.3) is 0 Å². The van der Waals surface area contributed by atoms with Gasteiger partial charge in [-0.25, -0.2) is 0 Å². The number of nitrogens with one attached hydrogen (secondary N) is 3. The van der Waals surface area contributed by atoms with Gasteiger partial charge in [-0.15, -0.1) is 0 Å². The number of halogens is 1. The SMILES string of the molecule is Cc1ccc(NC(=S)NNC2=CC(C)(C)Oc3ccc(OCc4ccccc4C)cc32)c(Cl)c1. The molecule has 0 saturated carbocycles. The molecule has 4 rings (SSSR count). The van der Waals surface area contributed by atoms with Gasteiger partial charge in [0, 0.05) is 5.56 Å². The van der Waals surface area contributed by atoms with Crippen molar-refractivity contribution in [2.24, 2.45) is 0 Å². The second-order valence-corrected chi connectivity index (χ2v) is 9.64. The summed E-state index contributed by atoms with van der Waals surface area (Å²) in [7, 11) is 0. The lowest BCUT2D eigenvalue weighted by molar-refractivity contribution is 0.157. The number of fused-ring (bicyclic) bond motifs is 1. The van der Waals surface area contributed by atoms with Crippen LogP contribution in [-0.4, -0.2) is 10.7 Å². The molecule has 0 aliphatic carbocycles. The van der Waals surface area contributed by atoms with Crippen molar-refractivity contribution in [3.05, 3.63) is 94.0 Å². The van der Waals surface area contributed by atoms with Gasteiger partial charge in [-0.1, -0.05) is 41.9 Å². The number of hydrazine groups is 1. The number of hydrogen-bond donors (Lipinski definition) is 3. The van der Waals surface area contributed by atoms with Crippen molar-refractivity contribution in [1.29, 1.82) is 0 Å². The molecule has 34 heavy (non-hydrogen) atoms. The van der Waals surface area contributed by atoms with E-state index < -0.39 is 5.60 Å². The highest BCUT2D eigenvalue weighted by Crippen LogP contribution is 2.37. The molecule has 0 unspecified atom stereocenters. The molecule has 3 N–H and O–H groups in total. The Morgan fingerprint density at radius 3 is 2.62 bits per heavy atom. The topological polar surface area (TPSA) is 54.5 Å². The van der Waals surface area contributed by atoms with Gasteiger partial charge in [-0.3, -0.25) is 10.9 Å². The summed E-state index contributed by atoms with van der Waals surface area (Å²) in [5.41, 5.74) is 11.7. The van der Waals surface area contributed by atoms with E-state index in [-0.39, 0.29) is 0 Å². The number of ether oxygens (including phenoxy) is 2. The van der Waals surface area contributed by atoms with Crippen LogP contribution in [0.5, 0.6) is 11.5 Å². The number of anilines is 1. The van der Waals surface area contributed by atoms with Gasteiger partial charge in [-0.2, -0.15) is 0 Å². The minimum atomic E-state index is -0.490. The van der Waals surface area contributed by atoms with Gasteiger partial charge in [0.05, 0.1) is 16.4 Å². The molecule has 0 saturated heterocycles. The summed E-state index contributed by atoms with van der Waals surface area (Å²) in [5, 5.41) is 4.12. The molecular formula is C27H28ClN3O2S. The van der Waals surface area contributed by atoms with Crippen LogP contribution in [0.4, 0.5) is 5.69 Å². The Labute approximate surface area is 211 Å². The fourth-order valence-corrected chi connectivity index (χ4v) is 4.12. The van der Waals surface area contributed by atoms with Crippen molar-refractivity contribution >= 4 is 40.3 Å². The highest BCUT2D eigenvalue weighted by molar-refractivity contribution is 7.80. The molecular weight excluding hydrogens is 466 g/mol. The van der Waals surface area contributed by atoms with Gasteiger partial charge in [0.15, 0.2) is 5.11 Å². The van der Waals surface area contributed by atoms with Crippen molar-refractivity contribution < 1.29 is 9.47 Å². The summed E-state index contributed by atoms with van der Waals surface area (Å²) in [6.45, 7) is 8.57. The smallest absolute Gasteiger partial charge is 0.189 e. The van der Waals surface area contributed by atoms with Crippen LogP contribution in [0.25, 0.3) is 5.70 Å². The van der Waals surface area contributed by atoms with Crippen LogP contribution in [0.1, 0.15) is 36.1 Å². The van der Waals surface area contributed by atoms with Crippen LogP contribution in [0.3, 0.4) is 0 Å². The lowest BCUT2D eigenvalue weighted by Gasteiger charge is -2.32. The van der Waals surface area contributed by atoms with Crippen molar-refractivity contribution in [3.63, 3.8) is 0 Å². The second-order valence-electron chi connectivity index (χ2n) is 8.82. The third-order valence-electron chi connectivity index (χ3n) is 5.45. The summed E-state index contributed by atoms with van der Waals surface area (Å²) in [5.74, 6) is 1.52. The first-order valence-electron chi connectivity index (χ1n) is 11.0. The number of thiocarbonyl (C=S) groups is 1. The molecule has 1 aliphatic rings. The molecule has 1 heterocycles. The first kappa shape index (κ1) is 23.9. The van der Waals surface area contributed by atoms with Crippen LogP contribution < -0.4 is 25.6 Å². The molecule has 0 atom stereocenters. The molecule has 0 spiro atoms. The zero-order valence-corrected chi connectivity index (χ0v) is 21.2. The van der Waals surface area contributed by atoms with E-state index in [1.54, 1.807) is 0 Å². The molecule has 0 aromatic heterocycles. The fraction of sp³-hybridized carbons (Fsp3) is 0.222. The lowest BCUT2D eigenvalue weighted by atomic mass is 9.99. The van der Waals surface area contributed by atoms with E-state index in [4.69, 9.17) is 33.3 Å². The normalized spacial score (nSPS) is 13.7. The number of hydrogen-bond acceptors (Lipinski definition) is 4. The molecule has 5 nitrogen and oxygen atoms in total. The average Bonchev–Trinajstić information content (AvgIpc) is 2.78. The number of aryl methyl sites for hydroxylation is 2. The second kappa shape index (κ2) is 9.95. The van der Waals surface area contributed by atoms with Crippen molar-refractivity contribution in [2.75, 3.05) is 5.32 Å². The summed E-state index contributed by atoms with van der Waals surface area (Å²) in [6, 6.07) is 19.8. The Hall–Kier alpha value is -3.22. The Balaban J connectivity index is 1.47. The van der Waals surface area contributed by atoms with Crippen molar-refractivity contribution in [2.45, 2.75) is 39.9 Å². The van der Waals surface area contributed by atoms with E-state index >= 15 is 0 Å². The zero-order chi connectivity index (χ0) is 24.3. The van der Waals surface area contributed by atoms with Crippen LogP contribution in [0.2, 0.25) is 5.02 Å². The maximum absolute atomic E-state index is 6.32. The summed E-state index contributed by atoms with van der Waals surface area (Å²) >= 11 is 11.8. The van der Waals surface area contributed by atoms with Gasteiger partial charge < -0.3 is 14.8 Å². The minimum absolute atomic E-state index is 0.393. The number of benzene rings is 3. The maximum Gasteiger partial charge on any atom is 0.189 e. The predicted molar refractivity (Wildman–Crippen MR) is 143 cm³/mol. The van der Waals surface area contributed by atoms with Crippen LogP contribution in [0, 0.1) is 13.8 Å². The molecule has 0 fully saturated rings. The molecule has 176 valence electrons. The Kier molecular flexibility index (Phi) is 7.00. The van der Waals surface area contributed by atoms with E-state index in [0.717, 1.165) is 39.6 Å². The molecule has 1 aliphatic heterocycles. The third-order valence-corrected chi connectivity index (χ3v) is 5.96. The monoisotopic (exact) mass is 493 g/mol. The van der Waals surface area contributed by atoms with Gasteiger partial charge in [0.2, 0.25) is 0 Å². The predicted octanol–water partition coefficient (Wildman–Crippen LogP) is 6.54. The Bertz CT molecular complexity index is 1260. The highest BCUT2D eigenvalue weighted by Gasteiger charge is 2.27. The number of rotatable bonds is 6. The molecule has 3 aromatic rings. The molecule has 0 radical (unpaired) electrons. The van der Waals surface area contributed by atoms with E-state index in [1.807, 2.05) is 75.4 Å². The zero-order valence-electron chi connectivity index (χ0n) is 19.7. The van der Waals surface area contributed by atoms with Gasteiger partial charge in [0.1, 0.15) is 23.7 Å². The van der Waals surface area contributed by atoms with Crippen LogP contribution >= 0.6 is 23.8 Å². The standard InChI is InChI=1S/C27H28ClN3O2S/c1-17-9-11-23(22(28)13-17)29-26(34)31-30-24-15-27(3,4)33-25-12-10-20(14-21(24)25)32-16-19-8-6-5-7-18(19)2/h5-15,30H,16H2,1-4H3,(H2,29,31,34). The van der Waals surface area contributed by atoms with Gasteiger partial charge >= 0.3 is 0 Å². The average molecular weight is 494 g/mol. The molecule has 0 amide bonds. The van der Waals surface area contributed by atoms with Gasteiger partial charge in [-0.05, 0) is 93.0 Å². The van der Waals surface area contributed by atoms with Crippen molar-refractivity contribution in [1.82, 2.24) is 10.9 Å². The molecule has 0 bridgehead atoms. The van der Waals surface area contributed by atoms with Crippen molar-refractivity contribution in [3.8, 4) is 11.5 Å². The van der Waals surface area contributed by atoms with Crippen LogP contribution in [0.15, 0.2) is 66.7 Å². The highest BCUT2D eigenvalue weighted by atomic mass is 35.5. The molecule has 3 aromatic carbocycles. The first-order valence-corrected chi connectivity index (χ1v) is 11.8. The van der Waals surface area contributed by atoms with Crippen LogP contribution in [-0.2, 0) is 6.61 Å². The maximum atomic E-state index is 6.32. The van der Waals surface area contributed by atoms with E-state index in [0.29, 0.717) is 16.7 Å². The van der Waals surface area contributed by atoms with E-state index in [9.17, 15) is 0 Å². The van der Waals surface area contributed by atoms with E-state index in [1.165, 1.54) is 5.56 Å². The lowest BCUT2D eigenvalue weighted by Crippen LogP contribution is -2.41. The first-order chi connectivity index (χ1) is 16.2. The Morgan fingerprint density at radius 2 is 1.85 bits per heavy atom.